The second-order valence-electron chi connectivity index (χ2n) is 4.24. The Morgan fingerprint density at radius 1 is 1.50 bits per heavy atom. The molecule has 0 radical (unpaired) electrons. The average Bonchev–Trinajstić information content (AvgIpc) is 2.61. The molecule has 2 rings (SSSR count). The Kier molecular flexibility index (Phi) is 2.69. The maximum absolute atomic E-state index is 10.7. The van der Waals surface area contributed by atoms with Gasteiger partial charge in [-0.15, -0.1) is 0 Å². The van der Waals surface area contributed by atoms with Crippen LogP contribution in [0.25, 0.3) is 10.9 Å². The molecule has 0 bridgehead atoms. The SMILES string of the molecule is Cc1cccc2c(C(C)CC(=O)O)c[nH]c12. The summed E-state index contributed by atoms with van der Waals surface area (Å²) < 4.78 is 0. The zero-order valence-corrected chi connectivity index (χ0v) is 9.45. The number of aromatic amines is 1. The molecule has 1 heterocycles. The van der Waals surface area contributed by atoms with E-state index in [0.717, 1.165) is 16.5 Å². The first-order valence-electron chi connectivity index (χ1n) is 5.38. The minimum absolute atomic E-state index is 0.0352. The number of carboxylic acids is 1. The second kappa shape index (κ2) is 4.00. The number of aliphatic carboxylic acids is 1. The van der Waals surface area contributed by atoms with Crippen molar-refractivity contribution in [3.05, 3.63) is 35.5 Å². The zero-order chi connectivity index (χ0) is 11.7. The quantitative estimate of drug-likeness (QED) is 0.830. The van der Waals surface area contributed by atoms with E-state index < -0.39 is 5.97 Å². The molecule has 0 aliphatic rings. The second-order valence-corrected chi connectivity index (χ2v) is 4.24. The standard InChI is InChI=1S/C13H15NO2/c1-8-4-3-5-10-11(7-14-13(8)10)9(2)6-12(15)16/h3-5,7,9,14H,6H2,1-2H3,(H,15,16). The summed E-state index contributed by atoms with van der Waals surface area (Å²) in [4.78, 5) is 13.9. The molecule has 0 saturated carbocycles. The highest BCUT2D eigenvalue weighted by molar-refractivity contribution is 5.86. The molecule has 1 aromatic carbocycles. The van der Waals surface area contributed by atoms with Crippen molar-refractivity contribution in [2.45, 2.75) is 26.2 Å². The molecule has 16 heavy (non-hydrogen) atoms. The molecule has 84 valence electrons. The van der Waals surface area contributed by atoms with Crippen LogP contribution in [0.2, 0.25) is 0 Å². The first-order valence-corrected chi connectivity index (χ1v) is 5.38. The summed E-state index contributed by atoms with van der Waals surface area (Å²) in [6.45, 7) is 3.99. The summed E-state index contributed by atoms with van der Waals surface area (Å²) in [6.07, 6.45) is 2.09. The van der Waals surface area contributed by atoms with Crippen molar-refractivity contribution in [3.8, 4) is 0 Å². The first-order chi connectivity index (χ1) is 7.59. The van der Waals surface area contributed by atoms with Crippen molar-refractivity contribution in [3.63, 3.8) is 0 Å². The van der Waals surface area contributed by atoms with Gasteiger partial charge in [-0.3, -0.25) is 4.79 Å². The third-order valence-electron chi connectivity index (χ3n) is 2.97. The van der Waals surface area contributed by atoms with Crippen molar-refractivity contribution in [1.82, 2.24) is 4.98 Å². The van der Waals surface area contributed by atoms with Gasteiger partial charge in [-0.05, 0) is 24.0 Å². The Bertz CT molecular complexity index is 528. The molecule has 0 fully saturated rings. The van der Waals surface area contributed by atoms with E-state index in [9.17, 15) is 4.79 Å². The number of benzene rings is 1. The number of fused-ring (bicyclic) bond motifs is 1. The molecule has 3 heteroatoms. The third-order valence-corrected chi connectivity index (χ3v) is 2.97. The largest absolute Gasteiger partial charge is 0.481 e. The van der Waals surface area contributed by atoms with Gasteiger partial charge in [0.15, 0.2) is 0 Å². The number of H-pyrrole nitrogens is 1. The van der Waals surface area contributed by atoms with Crippen molar-refractivity contribution in [2.75, 3.05) is 0 Å². The fraction of sp³-hybridized carbons (Fsp3) is 0.308. The third kappa shape index (κ3) is 1.81. The molecule has 0 amide bonds. The van der Waals surface area contributed by atoms with E-state index >= 15 is 0 Å². The van der Waals surface area contributed by atoms with Crippen LogP contribution < -0.4 is 0 Å². The van der Waals surface area contributed by atoms with Gasteiger partial charge < -0.3 is 10.1 Å². The van der Waals surface area contributed by atoms with Gasteiger partial charge in [-0.1, -0.05) is 25.1 Å². The number of aryl methyl sites for hydroxylation is 1. The highest BCUT2D eigenvalue weighted by Crippen LogP contribution is 2.28. The van der Waals surface area contributed by atoms with Gasteiger partial charge in [0.2, 0.25) is 0 Å². The maximum atomic E-state index is 10.7. The predicted octanol–water partition coefficient (Wildman–Crippen LogP) is 3.05. The van der Waals surface area contributed by atoms with E-state index in [1.54, 1.807) is 0 Å². The van der Waals surface area contributed by atoms with Crippen LogP contribution in [-0.4, -0.2) is 16.1 Å². The van der Waals surface area contributed by atoms with Gasteiger partial charge in [0.05, 0.1) is 6.42 Å². The molecular weight excluding hydrogens is 202 g/mol. The highest BCUT2D eigenvalue weighted by Gasteiger charge is 2.14. The van der Waals surface area contributed by atoms with Crippen molar-refractivity contribution >= 4 is 16.9 Å². The molecule has 0 aliphatic carbocycles. The summed E-state index contributed by atoms with van der Waals surface area (Å²) in [6, 6.07) is 6.08. The van der Waals surface area contributed by atoms with Gasteiger partial charge in [-0.25, -0.2) is 0 Å². The smallest absolute Gasteiger partial charge is 0.303 e. The number of hydrogen-bond donors (Lipinski definition) is 2. The molecule has 0 aliphatic heterocycles. The van der Waals surface area contributed by atoms with Gasteiger partial charge in [0.25, 0.3) is 0 Å². The first kappa shape index (κ1) is 10.7. The maximum Gasteiger partial charge on any atom is 0.303 e. The lowest BCUT2D eigenvalue weighted by Crippen LogP contribution is -2.02. The van der Waals surface area contributed by atoms with Crippen molar-refractivity contribution in [1.29, 1.82) is 0 Å². The zero-order valence-electron chi connectivity index (χ0n) is 9.45. The lowest BCUT2D eigenvalue weighted by molar-refractivity contribution is -0.137. The van der Waals surface area contributed by atoms with Gasteiger partial charge in [0.1, 0.15) is 0 Å². The molecule has 0 spiro atoms. The number of rotatable bonds is 3. The summed E-state index contributed by atoms with van der Waals surface area (Å²) in [5, 5.41) is 9.93. The van der Waals surface area contributed by atoms with Crippen LogP contribution in [0.1, 0.15) is 30.4 Å². The number of nitrogens with one attached hydrogen (secondary N) is 1. The lowest BCUT2D eigenvalue weighted by atomic mass is 9.97. The number of carboxylic acid groups (broad SMARTS) is 1. The Morgan fingerprint density at radius 3 is 2.94 bits per heavy atom. The minimum atomic E-state index is -0.755. The van der Waals surface area contributed by atoms with E-state index in [-0.39, 0.29) is 12.3 Å². The summed E-state index contributed by atoms with van der Waals surface area (Å²) in [7, 11) is 0. The topological polar surface area (TPSA) is 53.1 Å². The van der Waals surface area contributed by atoms with Gasteiger partial charge in [0, 0.05) is 17.1 Å². The van der Waals surface area contributed by atoms with E-state index in [0.29, 0.717) is 0 Å². The molecule has 1 unspecified atom stereocenters. The van der Waals surface area contributed by atoms with Gasteiger partial charge >= 0.3 is 5.97 Å². The van der Waals surface area contributed by atoms with Crippen molar-refractivity contribution < 1.29 is 9.90 Å². The molecule has 1 aromatic heterocycles. The summed E-state index contributed by atoms with van der Waals surface area (Å²) in [5.74, 6) is -0.720. The van der Waals surface area contributed by atoms with Crippen LogP contribution in [-0.2, 0) is 4.79 Å². The average molecular weight is 217 g/mol. The lowest BCUT2D eigenvalue weighted by Gasteiger charge is -2.07. The number of carbonyl (C=O) groups is 1. The fourth-order valence-electron chi connectivity index (χ4n) is 2.11. The van der Waals surface area contributed by atoms with E-state index in [4.69, 9.17) is 5.11 Å². The Labute approximate surface area is 94.1 Å². The van der Waals surface area contributed by atoms with Crippen molar-refractivity contribution in [2.24, 2.45) is 0 Å². The van der Waals surface area contributed by atoms with E-state index in [1.807, 2.05) is 38.2 Å². The highest BCUT2D eigenvalue weighted by atomic mass is 16.4. The Hall–Kier alpha value is -1.77. The minimum Gasteiger partial charge on any atom is -0.481 e. The molecule has 2 N–H and O–H groups in total. The van der Waals surface area contributed by atoms with E-state index in [1.165, 1.54) is 5.56 Å². The Balaban J connectivity index is 2.46. The molecule has 0 saturated heterocycles. The van der Waals surface area contributed by atoms with Crippen LogP contribution >= 0.6 is 0 Å². The van der Waals surface area contributed by atoms with Crippen LogP contribution in [0.5, 0.6) is 0 Å². The number of aromatic nitrogens is 1. The normalized spacial score (nSPS) is 12.9. The van der Waals surface area contributed by atoms with E-state index in [2.05, 4.69) is 4.98 Å². The molecular formula is C13H15NO2. The number of para-hydroxylation sites is 1. The molecule has 2 aromatic rings. The van der Waals surface area contributed by atoms with Gasteiger partial charge in [-0.2, -0.15) is 0 Å². The van der Waals surface area contributed by atoms with Crippen LogP contribution in [0.4, 0.5) is 0 Å². The predicted molar refractivity (Wildman–Crippen MR) is 63.7 cm³/mol. The monoisotopic (exact) mass is 217 g/mol. The summed E-state index contributed by atoms with van der Waals surface area (Å²) in [5.41, 5.74) is 3.38. The van der Waals surface area contributed by atoms with Crippen LogP contribution in [0.15, 0.2) is 24.4 Å². The van der Waals surface area contributed by atoms with Crippen LogP contribution in [0.3, 0.4) is 0 Å². The van der Waals surface area contributed by atoms with Crippen LogP contribution in [0, 0.1) is 6.92 Å². The molecule has 3 nitrogen and oxygen atoms in total. The fourth-order valence-corrected chi connectivity index (χ4v) is 2.11. The summed E-state index contributed by atoms with van der Waals surface area (Å²) >= 11 is 0. The molecule has 1 atom stereocenters. The number of hydrogen-bond acceptors (Lipinski definition) is 1. The Morgan fingerprint density at radius 2 is 2.25 bits per heavy atom.